The number of hydrogen-bond donors (Lipinski definition) is 1. The van der Waals surface area contributed by atoms with Crippen LogP contribution in [0.1, 0.15) is 52.9 Å². The Morgan fingerprint density at radius 3 is 2.63 bits per heavy atom. The maximum absolute atomic E-state index is 6.14. The summed E-state index contributed by atoms with van der Waals surface area (Å²) in [5.41, 5.74) is 0.150. The van der Waals surface area contributed by atoms with Crippen molar-refractivity contribution in [2.75, 3.05) is 26.4 Å². The van der Waals surface area contributed by atoms with Gasteiger partial charge in [0.05, 0.1) is 5.60 Å². The summed E-state index contributed by atoms with van der Waals surface area (Å²) in [7, 11) is 0. The van der Waals surface area contributed by atoms with Gasteiger partial charge in [0, 0.05) is 25.9 Å². The smallest absolute Gasteiger partial charge is 0.0729 e. The van der Waals surface area contributed by atoms with Crippen molar-refractivity contribution >= 4 is 0 Å². The van der Waals surface area contributed by atoms with Gasteiger partial charge in [-0.2, -0.15) is 0 Å². The molecule has 1 N–H and O–H groups in total. The Labute approximate surface area is 118 Å². The van der Waals surface area contributed by atoms with E-state index < -0.39 is 0 Å². The molecule has 0 saturated carbocycles. The zero-order valence-electron chi connectivity index (χ0n) is 12.9. The Bertz CT molecular complexity index is 258. The molecule has 0 aliphatic carbocycles. The van der Waals surface area contributed by atoms with Crippen LogP contribution in [-0.4, -0.2) is 38.0 Å². The second kappa shape index (κ2) is 7.05. The highest BCUT2D eigenvalue weighted by Crippen LogP contribution is 2.40. The number of ether oxygens (including phenoxy) is 2. The molecule has 19 heavy (non-hydrogen) atoms. The molecule has 2 fully saturated rings. The number of rotatable bonds is 5. The van der Waals surface area contributed by atoms with Crippen molar-refractivity contribution in [1.29, 1.82) is 0 Å². The van der Waals surface area contributed by atoms with Gasteiger partial charge in [-0.05, 0) is 57.4 Å². The minimum Gasteiger partial charge on any atom is -0.381 e. The van der Waals surface area contributed by atoms with Gasteiger partial charge in [-0.15, -0.1) is 0 Å². The highest BCUT2D eigenvalue weighted by atomic mass is 16.5. The fourth-order valence-electron chi connectivity index (χ4n) is 3.83. The molecular formula is C16H31NO2. The number of hydrogen-bond acceptors (Lipinski definition) is 3. The molecule has 2 saturated heterocycles. The molecule has 0 aromatic rings. The summed E-state index contributed by atoms with van der Waals surface area (Å²) in [4.78, 5) is 0. The molecule has 112 valence electrons. The third-order valence-corrected chi connectivity index (χ3v) is 5.02. The first-order valence-electron chi connectivity index (χ1n) is 8.10. The van der Waals surface area contributed by atoms with E-state index in [4.69, 9.17) is 9.47 Å². The Morgan fingerprint density at radius 2 is 1.95 bits per heavy atom. The van der Waals surface area contributed by atoms with Gasteiger partial charge in [0.1, 0.15) is 0 Å². The normalized spacial score (nSPS) is 30.2. The molecule has 2 aliphatic rings. The largest absolute Gasteiger partial charge is 0.381 e. The van der Waals surface area contributed by atoms with Crippen molar-refractivity contribution in [2.24, 2.45) is 11.8 Å². The standard InChI is InChI=1S/C16H31NO2/c1-4-17-14(3)11-13(2)15-5-8-19-16(12-15)6-9-18-10-7-16/h13-15,17H,4-12H2,1-3H3. The molecule has 2 rings (SSSR count). The van der Waals surface area contributed by atoms with Gasteiger partial charge in [0.15, 0.2) is 0 Å². The van der Waals surface area contributed by atoms with Gasteiger partial charge in [-0.25, -0.2) is 0 Å². The molecule has 2 aliphatic heterocycles. The Morgan fingerprint density at radius 1 is 1.21 bits per heavy atom. The maximum Gasteiger partial charge on any atom is 0.0729 e. The fraction of sp³-hybridized carbons (Fsp3) is 1.00. The Kier molecular flexibility index (Phi) is 5.67. The van der Waals surface area contributed by atoms with Crippen molar-refractivity contribution in [3.05, 3.63) is 0 Å². The van der Waals surface area contributed by atoms with E-state index in [0.717, 1.165) is 51.0 Å². The Balaban J connectivity index is 1.85. The Hall–Kier alpha value is -0.120. The molecule has 0 amide bonds. The van der Waals surface area contributed by atoms with Gasteiger partial charge >= 0.3 is 0 Å². The lowest BCUT2D eigenvalue weighted by atomic mass is 9.74. The molecule has 3 heteroatoms. The third-order valence-electron chi connectivity index (χ3n) is 5.02. The lowest BCUT2D eigenvalue weighted by Gasteiger charge is -2.45. The zero-order valence-corrected chi connectivity index (χ0v) is 12.9. The van der Waals surface area contributed by atoms with Crippen LogP contribution in [0, 0.1) is 11.8 Å². The average molecular weight is 269 g/mol. The van der Waals surface area contributed by atoms with Crippen molar-refractivity contribution in [1.82, 2.24) is 5.32 Å². The summed E-state index contributed by atoms with van der Waals surface area (Å²) >= 11 is 0. The minimum atomic E-state index is 0.150. The molecule has 2 heterocycles. The fourth-order valence-corrected chi connectivity index (χ4v) is 3.83. The van der Waals surface area contributed by atoms with E-state index in [9.17, 15) is 0 Å². The maximum atomic E-state index is 6.14. The van der Waals surface area contributed by atoms with Crippen LogP contribution in [0.2, 0.25) is 0 Å². The van der Waals surface area contributed by atoms with Crippen LogP contribution in [0.15, 0.2) is 0 Å². The van der Waals surface area contributed by atoms with Gasteiger partial charge in [0.25, 0.3) is 0 Å². The summed E-state index contributed by atoms with van der Waals surface area (Å²) in [5, 5.41) is 3.54. The van der Waals surface area contributed by atoms with Crippen molar-refractivity contribution < 1.29 is 9.47 Å². The SMILES string of the molecule is CCNC(C)CC(C)C1CCOC2(CCOCC2)C1. The van der Waals surface area contributed by atoms with Gasteiger partial charge < -0.3 is 14.8 Å². The molecule has 0 bridgehead atoms. The molecule has 0 aromatic carbocycles. The summed E-state index contributed by atoms with van der Waals surface area (Å²) in [6.45, 7) is 10.7. The predicted molar refractivity (Wildman–Crippen MR) is 78.4 cm³/mol. The average Bonchev–Trinajstić information content (AvgIpc) is 2.40. The van der Waals surface area contributed by atoms with E-state index in [2.05, 4.69) is 26.1 Å². The summed E-state index contributed by atoms with van der Waals surface area (Å²) < 4.78 is 11.6. The highest BCUT2D eigenvalue weighted by Gasteiger charge is 2.40. The van der Waals surface area contributed by atoms with E-state index in [1.54, 1.807) is 0 Å². The van der Waals surface area contributed by atoms with E-state index in [1.807, 2.05) is 0 Å². The quantitative estimate of drug-likeness (QED) is 0.832. The van der Waals surface area contributed by atoms with E-state index >= 15 is 0 Å². The van der Waals surface area contributed by atoms with Crippen molar-refractivity contribution in [2.45, 2.75) is 64.5 Å². The van der Waals surface area contributed by atoms with Crippen LogP contribution in [0.25, 0.3) is 0 Å². The predicted octanol–water partition coefficient (Wildman–Crippen LogP) is 2.99. The van der Waals surface area contributed by atoms with Crippen LogP contribution in [0.4, 0.5) is 0 Å². The molecule has 3 atom stereocenters. The van der Waals surface area contributed by atoms with Crippen LogP contribution in [0.5, 0.6) is 0 Å². The topological polar surface area (TPSA) is 30.5 Å². The summed E-state index contributed by atoms with van der Waals surface area (Å²) in [6, 6.07) is 0.633. The van der Waals surface area contributed by atoms with Gasteiger partial charge in [-0.1, -0.05) is 13.8 Å². The van der Waals surface area contributed by atoms with Gasteiger partial charge in [0.2, 0.25) is 0 Å². The second-order valence-corrected chi connectivity index (χ2v) is 6.57. The molecular weight excluding hydrogens is 238 g/mol. The summed E-state index contributed by atoms with van der Waals surface area (Å²) in [5.74, 6) is 1.62. The molecule has 3 unspecified atom stereocenters. The third kappa shape index (κ3) is 4.17. The highest BCUT2D eigenvalue weighted by molar-refractivity contribution is 4.90. The van der Waals surface area contributed by atoms with E-state index in [-0.39, 0.29) is 5.60 Å². The first-order valence-corrected chi connectivity index (χ1v) is 8.10. The van der Waals surface area contributed by atoms with Crippen LogP contribution < -0.4 is 5.32 Å². The lowest BCUT2D eigenvalue weighted by Crippen LogP contribution is -2.46. The molecule has 1 spiro atoms. The van der Waals surface area contributed by atoms with E-state index in [0.29, 0.717) is 6.04 Å². The molecule has 0 radical (unpaired) electrons. The van der Waals surface area contributed by atoms with E-state index in [1.165, 1.54) is 19.3 Å². The summed E-state index contributed by atoms with van der Waals surface area (Å²) in [6.07, 6.45) is 5.96. The monoisotopic (exact) mass is 269 g/mol. The number of nitrogens with one attached hydrogen (secondary N) is 1. The molecule has 0 aromatic heterocycles. The molecule has 3 nitrogen and oxygen atoms in total. The van der Waals surface area contributed by atoms with Crippen LogP contribution in [-0.2, 0) is 9.47 Å². The minimum absolute atomic E-state index is 0.150. The van der Waals surface area contributed by atoms with Gasteiger partial charge in [-0.3, -0.25) is 0 Å². The lowest BCUT2D eigenvalue weighted by molar-refractivity contribution is -0.152. The van der Waals surface area contributed by atoms with Crippen LogP contribution in [0.3, 0.4) is 0 Å². The van der Waals surface area contributed by atoms with Crippen LogP contribution >= 0.6 is 0 Å². The van der Waals surface area contributed by atoms with Crippen molar-refractivity contribution in [3.63, 3.8) is 0 Å². The first-order chi connectivity index (χ1) is 9.15. The first kappa shape index (κ1) is 15.3. The van der Waals surface area contributed by atoms with Crippen molar-refractivity contribution in [3.8, 4) is 0 Å². The second-order valence-electron chi connectivity index (χ2n) is 6.57. The zero-order chi connectivity index (χ0) is 13.7.